The van der Waals surface area contributed by atoms with Gasteiger partial charge in [-0.05, 0) is 55.5 Å². The fourth-order valence-electron chi connectivity index (χ4n) is 2.78. The first-order chi connectivity index (χ1) is 12.0. The van der Waals surface area contributed by atoms with Crippen molar-refractivity contribution in [2.45, 2.75) is 26.7 Å². The molecule has 1 saturated heterocycles. The first-order valence-corrected chi connectivity index (χ1v) is 8.93. The Labute approximate surface area is 154 Å². The Balaban J connectivity index is 2.35. The maximum Gasteiger partial charge on any atom is 0.348 e. The van der Waals surface area contributed by atoms with Crippen molar-refractivity contribution in [3.8, 4) is 6.07 Å². The number of nitriles is 1. The average molecular weight is 359 g/mol. The molecule has 1 aromatic rings. The SMILES string of the molecule is CCOC(=O)C(C#N)=CC=C(c1ccc(Cl)cc1)N1CCC(C)CC1. The van der Waals surface area contributed by atoms with Gasteiger partial charge in [-0.15, -0.1) is 0 Å². The molecule has 132 valence electrons. The molecule has 0 saturated carbocycles. The van der Waals surface area contributed by atoms with E-state index in [1.54, 1.807) is 13.0 Å². The predicted octanol–water partition coefficient (Wildman–Crippen LogP) is 4.43. The summed E-state index contributed by atoms with van der Waals surface area (Å²) in [6.07, 6.45) is 5.62. The zero-order chi connectivity index (χ0) is 18.2. The third-order valence-corrected chi connectivity index (χ3v) is 4.54. The van der Waals surface area contributed by atoms with Crippen LogP contribution in [0.1, 0.15) is 32.3 Å². The summed E-state index contributed by atoms with van der Waals surface area (Å²) in [5.74, 6) is 0.122. The lowest BCUT2D eigenvalue weighted by Gasteiger charge is -2.34. The van der Waals surface area contributed by atoms with Crippen LogP contribution < -0.4 is 0 Å². The van der Waals surface area contributed by atoms with E-state index in [2.05, 4.69) is 11.8 Å². The van der Waals surface area contributed by atoms with Crippen molar-refractivity contribution in [1.82, 2.24) is 4.90 Å². The van der Waals surface area contributed by atoms with Gasteiger partial charge in [0.2, 0.25) is 0 Å². The minimum absolute atomic E-state index is 0.00121. The Bertz CT molecular complexity index is 693. The van der Waals surface area contributed by atoms with Crippen molar-refractivity contribution in [3.05, 3.63) is 52.6 Å². The molecule has 1 aliphatic heterocycles. The molecular formula is C20H23ClN2O2. The number of carbonyl (C=O) groups is 1. The highest BCUT2D eigenvalue weighted by molar-refractivity contribution is 6.30. The third-order valence-electron chi connectivity index (χ3n) is 4.29. The van der Waals surface area contributed by atoms with Crippen LogP contribution in [0.4, 0.5) is 0 Å². The number of allylic oxidation sites excluding steroid dienone is 2. The second kappa shape index (κ2) is 9.29. The van der Waals surface area contributed by atoms with Gasteiger partial charge in [0.1, 0.15) is 11.6 Å². The van der Waals surface area contributed by atoms with Gasteiger partial charge < -0.3 is 9.64 Å². The van der Waals surface area contributed by atoms with Crippen molar-refractivity contribution in [2.75, 3.05) is 19.7 Å². The van der Waals surface area contributed by atoms with Gasteiger partial charge in [-0.1, -0.05) is 30.7 Å². The highest BCUT2D eigenvalue weighted by Gasteiger charge is 2.19. The van der Waals surface area contributed by atoms with Crippen molar-refractivity contribution in [3.63, 3.8) is 0 Å². The molecule has 0 aromatic heterocycles. The van der Waals surface area contributed by atoms with Gasteiger partial charge in [-0.25, -0.2) is 4.79 Å². The summed E-state index contributed by atoms with van der Waals surface area (Å²) < 4.78 is 4.92. The van der Waals surface area contributed by atoms with Gasteiger partial charge in [0, 0.05) is 23.8 Å². The smallest absolute Gasteiger partial charge is 0.348 e. The number of esters is 1. The van der Waals surface area contributed by atoms with Gasteiger partial charge in [-0.2, -0.15) is 5.26 Å². The van der Waals surface area contributed by atoms with E-state index in [1.165, 1.54) is 0 Å². The van der Waals surface area contributed by atoms with E-state index in [9.17, 15) is 10.1 Å². The van der Waals surface area contributed by atoms with Crippen LogP contribution in [-0.4, -0.2) is 30.6 Å². The molecule has 0 atom stereocenters. The van der Waals surface area contributed by atoms with E-state index in [1.807, 2.05) is 36.4 Å². The first kappa shape index (κ1) is 19.1. The number of hydrogen-bond acceptors (Lipinski definition) is 4. The second-order valence-corrected chi connectivity index (χ2v) is 6.58. The van der Waals surface area contributed by atoms with E-state index in [4.69, 9.17) is 16.3 Å². The van der Waals surface area contributed by atoms with Crippen LogP contribution in [-0.2, 0) is 9.53 Å². The Morgan fingerprint density at radius 1 is 1.32 bits per heavy atom. The fraction of sp³-hybridized carbons (Fsp3) is 0.400. The highest BCUT2D eigenvalue weighted by atomic mass is 35.5. The molecule has 0 radical (unpaired) electrons. The summed E-state index contributed by atoms with van der Waals surface area (Å²) in [6, 6.07) is 9.51. The van der Waals surface area contributed by atoms with E-state index < -0.39 is 5.97 Å². The lowest BCUT2D eigenvalue weighted by atomic mass is 9.97. The minimum Gasteiger partial charge on any atom is -0.462 e. The molecule has 0 spiro atoms. The van der Waals surface area contributed by atoms with Crippen molar-refractivity contribution >= 4 is 23.3 Å². The maximum absolute atomic E-state index is 11.8. The summed E-state index contributed by atoms with van der Waals surface area (Å²) in [7, 11) is 0. The highest BCUT2D eigenvalue weighted by Crippen LogP contribution is 2.27. The number of benzene rings is 1. The average Bonchev–Trinajstić information content (AvgIpc) is 2.61. The third kappa shape index (κ3) is 5.37. The number of halogens is 1. The lowest BCUT2D eigenvalue weighted by Crippen LogP contribution is -2.31. The quantitative estimate of drug-likeness (QED) is 0.338. The van der Waals surface area contributed by atoms with Crippen LogP contribution in [0.25, 0.3) is 5.70 Å². The second-order valence-electron chi connectivity index (χ2n) is 6.14. The molecule has 5 heteroatoms. The van der Waals surface area contributed by atoms with Crippen molar-refractivity contribution in [2.24, 2.45) is 5.92 Å². The number of nitrogens with zero attached hydrogens (tertiary/aromatic N) is 2. The van der Waals surface area contributed by atoms with Crippen molar-refractivity contribution in [1.29, 1.82) is 5.26 Å². The van der Waals surface area contributed by atoms with Gasteiger partial charge in [-0.3, -0.25) is 0 Å². The molecule has 0 N–H and O–H groups in total. The zero-order valence-electron chi connectivity index (χ0n) is 14.7. The molecule has 0 unspecified atom stereocenters. The number of likely N-dealkylation sites (tertiary alicyclic amines) is 1. The fourth-order valence-corrected chi connectivity index (χ4v) is 2.90. The number of piperidine rings is 1. The van der Waals surface area contributed by atoms with Crippen LogP contribution in [0.15, 0.2) is 42.0 Å². The summed E-state index contributed by atoms with van der Waals surface area (Å²) >= 11 is 6.00. The molecule has 2 rings (SSSR count). The lowest BCUT2D eigenvalue weighted by molar-refractivity contribution is -0.138. The molecule has 1 fully saturated rings. The molecule has 1 aromatic carbocycles. The number of carbonyl (C=O) groups excluding carboxylic acids is 1. The van der Waals surface area contributed by atoms with Crippen LogP contribution in [0.2, 0.25) is 5.02 Å². The van der Waals surface area contributed by atoms with E-state index in [0.717, 1.165) is 37.2 Å². The molecule has 25 heavy (non-hydrogen) atoms. The summed E-state index contributed by atoms with van der Waals surface area (Å²) in [4.78, 5) is 14.1. The number of ether oxygens (including phenoxy) is 1. The van der Waals surface area contributed by atoms with E-state index in [-0.39, 0.29) is 12.2 Å². The normalized spacial score (nSPS) is 16.5. The molecule has 0 aliphatic carbocycles. The first-order valence-electron chi connectivity index (χ1n) is 8.55. The topological polar surface area (TPSA) is 53.3 Å². The Kier molecular flexibility index (Phi) is 7.09. The summed E-state index contributed by atoms with van der Waals surface area (Å²) in [5.41, 5.74) is 2.00. The van der Waals surface area contributed by atoms with Crippen LogP contribution >= 0.6 is 11.6 Å². The zero-order valence-corrected chi connectivity index (χ0v) is 15.4. The minimum atomic E-state index is -0.594. The predicted molar refractivity (Wildman–Crippen MR) is 99.7 cm³/mol. The molecule has 0 bridgehead atoms. The molecular weight excluding hydrogens is 336 g/mol. The Morgan fingerprint density at radius 2 is 1.96 bits per heavy atom. The van der Waals surface area contributed by atoms with Crippen LogP contribution in [0.3, 0.4) is 0 Å². The summed E-state index contributed by atoms with van der Waals surface area (Å²) in [5, 5.41) is 9.88. The number of rotatable bonds is 5. The molecule has 0 amide bonds. The van der Waals surface area contributed by atoms with E-state index in [0.29, 0.717) is 10.9 Å². The standard InChI is InChI=1S/C20H23ClN2O2/c1-3-25-20(24)17(14-22)6-9-19(16-4-7-18(21)8-5-16)23-12-10-15(2)11-13-23/h4-9,15H,3,10-13H2,1-2H3. The van der Waals surface area contributed by atoms with Crippen molar-refractivity contribution < 1.29 is 9.53 Å². The molecule has 4 nitrogen and oxygen atoms in total. The Hall–Kier alpha value is -2.25. The van der Waals surface area contributed by atoms with Gasteiger partial charge in [0.05, 0.1) is 6.61 Å². The van der Waals surface area contributed by atoms with Crippen LogP contribution in [0.5, 0.6) is 0 Å². The van der Waals surface area contributed by atoms with Gasteiger partial charge in [0.25, 0.3) is 0 Å². The van der Waals surface area contributed by atoms with Gasteiger partial charge in [0.15, 0.2) is 0 Å². The van der Waals surface area contributed by atoms with Crippen LogP contribution in [0, 0.1) is 17.2 Å². The summed E-state index contributed by atoms with van der Waals surface area (Å²) in [6.45, 7) is 6.12. The van der Waals surface area contributed by atoms with E-state index >= 15 is 0 Å². The largest absolute Gasteiger partial charge is 0.462 e. The Morgan fingerprint density at radius 3 is 2.52 bits per heavy atom. The molecule has 1 heterocycles. The molecule has 1 aliphatic rings. The monoisotopic (exact) mass is 358 g/mol. The maximum atomic E-state index is 11.8. The number of hydrogen-bond donors (Lipinski definition) is 0. The van der Waals surface area contributed by atoms with Gasteiger partial charge >= 0.3 is 5.97 Å².